The van der Waals surface area contributed by atoms with Gasteiger partial charge < -0.3 is 10.0 Å². The summed E-state index contributed by atoms with van der Waals surface area (Å²) >= 11 is 0.999. The number of thiazole rings is 1. The first-order chi connectivity index (χ1) is 11.4. The molecule has 1 aromatic carbocycles. The van der Waals surface area contributed by atoms with Crippen LogP contribution in [0.3, 0.4) is 0 Å². The van der Waals surface area contributed by atoms with Crippen molar-refractivity contribution in [3.05, 3.63) is 46.2 Å². The van der Waals surface area contributed by atoms with Crippen molar-refractivity contribution in [2.75, 3.05) is 11.4 Å². The third kappa shape index (κ3) is 2.96. The quantitative estimate of drug-likeness (QED) is 0.920. The highest BCUT2D eigenvalue weighted by molar-refractivity contribution is 7.17. The number of benzene rings is 1. The number of hydrogen-bond donors (Lipinski definition) is 1. The van der Waals surface area contributed by atoms with E-state index in [-0.39, 0.29) is 22.8 Å². The van der Waals surface area contributed by atoms with Crippen LogP contribution in [0.2, 0.25) is 0 Å². The first-order valence-corrected chi connectivity index (χ1v) is 8.21. The summed E-state index contributed by atoms with van der Waals surface area (Å²) in [4.78, 5) is 31.4. The summed E-state index contributed by atoms with van der Waals surface area (Å²) in [5.41, 5.74) is 1.24. The standard InChI is InChI=1S/C16H16FN3O3S/c1-9-7-20(15-18-10(2)13(24-15)14(21)22)16(23)19(9)8-11-3-5-12(17)6-4-11/h3-6,9H,7-8H2,1-2H3,(H,21,22). The molecule has 1 atom stereocenters. The molecule has 1 N–H and O–H groups in total. The number of rotatable bonds is 4. The molecule has 1 aromatic heterocycles. The molecule has 0 aliphatic carbocycles. The molecule has 3 rings (SSSR count). The molecule has 2 amide bonds. The number of carboxylic acid groups (broad SMARTS) is 1. The Balaban J connectivity index is 1.81. The predicted octanol–water partition coefficient (Wildman–Crippen LogP) is 3.12. The fraction of sp³-hybridized carbons (Fsp3) is 0.312. The SMILES string of the molecule is Cc1nc(N2CC(C)N(Cc3ccc(F)cc3)C2=O)sc1C(=O)O. The van der Waals surface area contributed by atoms with E-state index in [9.17, 15) is 14.0 Å². The number of urea groups is 1. The molecule has 126 valence electrons. The fourth-order valence-electron chi connectivity index (χ4n) is 2.65. The minimum Gasteiger partial charge on any atom is -0.477 e. The molecular weight excluding hydrogens is 333 g/mol. The number of amides is 2. The molecule has 1 fully saturated rings. The van der Waals surface area contributed by atoms with Gasteiger partial charge in [0.15, 0.2) is 5.13 Å². The summed E-state index contributed by atoms with van der Waals surface area (Å²) in [5.74, 6) is -1.36. The van der Waals surface area contributed by atoms with E-state index in [0.717, 1.165) is 16.9 Å². The Morgan fingerprint density at radius 1 is 1.42 bits per heavy atom. The molecule has 1 aliphatic heterocycles. The average molecular weight is 349 g/mol. The van der Waals surface area contributed by atoms with Crippen LogP contribution in [0.5, 0.6) is 0 Å². The minimum atomic E-state index is -1.04. The van der Waals surface area contributed by atoms with E-state index < -0.39 is 5.97 Å². The number of nitrogens with zero attached hydrogens (tertiary/aromatic N) is 3. The zero-order chi connectivity index (χ0) is 17.4. The van der Waals surface area contributed by atoms with E-state index in [1.165, 1.54) is 17.0 Å². The lowest BCUT2D eigenvalue weighted by molar-refractivity contribution is 0.0701. The van der Waals surface area contributed by atoms with Crippen LogP contribution in [-0.2, 0) is 6.54 Å². The Bertz CT molecular complexity index is 790. The Hall–Kier alpha value is -2.48. The van der Waals surface area contributed by atoms with Crippen LogP contribution in [0, 0.1) is 12.7 Å². The van der Waals surface area contributed by atoms with Gasteiger partial charge in [0.1, 0.15) is 10.7 Å². The summed E-state index contributed by atoms with van der Waals surface area (Å²) < 4.78 is 13.0. The maximum Gasteiger partial charge on any atom is 0.347 e. The van der Waals surface area contributed by atoms with Gasteiger partial charge in [0.25, 0.3) is 0 Å². The van der Waals surface area contributed by atoms with Gasteiger partial charge in [-0.2, -0.15) is 0 Å². The lowest BCUT2D eigenvalue weighted by Gasteiger charge is -2.20. The Labute approximate surface area is 142 Å². The predicted molar refractivity (Wildman–Crippen MR) is 88.0 cm³/mol. The van der Waals surface area contributed by atoms with E-state index in [2.05, 4.69) is 4.98 Å². The highest BCUT2D eigenvalue weighted by atomic mass is 32.1. The van der Waals surface area contributed by atoms with Gasteiger partial charge in [-0.1, -0.05) is 23.5 Å². The first-order valence-electron chi connectivity index (χ1n) is 7.40. The normalized spacial score (nSPS) is 17.6. The van der Waals surface area contributed by atoms with Crippen LogP contribution in [0.4, 0.5) is 14.3 Å². The topological polar surface area (TPSA) is 73.7 Å². The van der Waals surface area contributed by atoms with Crippen LogP contribution < -0.4 is 4.90 Å². The summed E-state index contributed by atoms with van der Waals surface area (Å²) in [6, 6.07) is 5.74. The Morgan fingerprint density at radius 2 is 2.08 bits per heavy atom. The summed E-state index contributed by atoms with van der Waals surface area (Å²) in [7, 11) is 0. The minimum absolute atomic E-state index is 0.0555. The number of aromatic nitrogens is 1. The molecule has 0 bridgehead atoms. The van der Waals surface area contributed by atoms with Crippen molar-refractivity contribution in [2.24, 2.45) is 0 Å². The van der Waals surface area contributed by atoms with E-state index in [0.29, 0.717) is 23.9 Å². The van der Waals surface area contributed by atoms with Gasteiger partial charge in [-0.05, 0) is 31.5 Å². The molecular formula is C16H16FN3O3S. The van der Waals surface area contributed by atoms with Gasteiger partial charge in [-0.3, -0.25) is 4.90 Å². The average Bonchev–Trinajstić information content (AvgIpc) is 3.04. The van der Waals surface area contributed by atoms with Gasteiger partial charge in [-0.15, -0.1) is 0 Å². The van der Waals surface area contributed by atoms with Crippen molar-refractivity contribution in [2.45, 2.75) is 26.4 Å². The van der Waals surface area contributed by atoms with Crippen LogP contribution >= 0.6 is 11.3 Å². The fourth-order valence-corrected chi connectivity index (χ4v) is 3.56. The Morgan fingerprint density at radius 3 is 2.67 bits per heavy atom. The number of aryl methyl sites for hydroxylation is 1. The third-order valence-electron chi connectivity index (χ3n) is 3.93. The van der Waals surface area contributed by atoms with Crippen LogP contribution in [0.15, 0.2) is 24.3 Å². The first kappa shape index (κ1) is 16.4. The highest BCUT2D eigenvalue weighted by Gasteiger charge is 2.37. The summed E-state index contributed by atoms with van der Waals surface area (Å²) in [6.07, 6.45) is 0. The van der Waals surface area contributed by atoms with Gasteiger partial charge in [-0.25, -0.2) is 19.0 Å². The molecule has 6 nitrogen and oxygen atoms in total. The van der Waals surface area contributed by atoms with Gasteiger partial charge in [0, 0.05) is 12.6 Å². The van der Waals surface area contributed by atoms with E-state index in [1.807, 2.05) is 6.92 Å². The van der Waals surface area contributed by atoms with Crippen molar-refractivity contribution < 1.29 is 19.1 Å². The molecule has 8 heteroatoms. The lowest BCUT2D eigenvalue weighted by Crippen LogP contribution is -2.33. The Kier molecular flexibility index (Phi) is 4.23. The van der Waals surface area contributed by atoms with Crippen molar-refractivity contribution >= 4 is 28.5 Å². The van der Waals surface area contributed by atoms with Crippen LogP contribution in [0.25, 0.3) is 0 Å². The molecule has 0 saturated carbocycles. The van der Waals surface area contributed by atoms with E-state index >= 15 is 0 Å². The van der Waals surface area contributed by atoms with Crippen molar-refractivity contribution in [1.82, 2.24) is 9.88 Å². The maximum atomic E-state index is 13.0. The summed E-state index contributed by atoms with van der Waals surface area (Å²) in [5, 5.41) is 9.53. The van der Waals surface area contributed by atoms with Crippen molar-refractivity contribution in [3.8, 4) is 0 Å². The van der Waals surface area contributed by atoms with E-state index in [1.54, 1.807) is 24.0 Å². The number of anilines is 1. The van der Waals surface area contributed by atoms with Crippen molar-refractivity contribution in [1.29, 1.82) is 0 Å². The maximum absolute atomic E-state index is 13.0. The molecule has 0 radical (unpaired) electrons. The number of carbonyl (C=O) groups excluding carboxylic acids is 1. The lowest BCUT2D eigenvalue weighted by atomic mass is 10.2. The molecule has 2 heterocycles. The second-order valence-electron chi connectivity index (χ2n) is 5.71. The number of hydrogen-bond acceptors (Lipinski definition) is 4. The van der Waals surface area contributed by atoms with Crippen molar-refractivity contribution in [3.63, 3.8) is 0 Å². The molecule has 1 aliphatic rings. The molecule has 1 unspecified atom stereocenters. The molecule has 0 spiro atoms. The highest BCUT2D eigenvalue weighted by Crippen LogP contribution is 2.31. The third-order valence-corrected chi connectivity index (χ3v) is 5.10. The zero-order valence-corrected chi connectivity index (χ0v) is 14.0. The van der Waals surface area contributed by atoms with Gasteiger partial charge >= 0.3 is 12.0 Å². The van der Waals surface area contributed by atoms with Crippen LogP contribution in [0.1, 0.15) is 27.9 Å². The second-order valence-corrected chi connectivity index (χ2v) is 6.69. The summed E-state index contributed by atoms with van der Waals surface area (Å²) in [6.45, 7) is 4.34. The van der Waals surface area contributed by atoms with Gasteiger partial charge in [0.2, 0.25) is 0 Å². The number of aromatic carboxylic acids is 1. The largest absolute Gasteiger partial charge is 0.477 e. The number of halogens is 1. The van der Waals surface area contributed by atoms with Crippen LogP contribution in [-0.4, -0.2) is 39.6 Å². The van der Waals surface area contributed by atoms with E-state index in [4.69, 9.17) is 5.11 Å². The van der Waals surface area contributed by atoms with Gasteiger partial charge in [0.05, 0.1) is 12.2 Å². The number of carbonyl (C=O) groups is 2. The smallest absolute Gasteiger partial charge is 0.347 e. The molecule has 1 saturated heterocycles. The number of carboxylic acids is 1. The molecule has 24 heavy (non-hydrogen) atoms. The zero-order valence-electron chi connectivity index (χ0n) is 13.2. The monoisotopic (exact) mass is 349 g/mol. The second kappa shape index (κ2) is 6.20. The molecule has 2 aromatic rings.